The highest BCUT2D eigenvalue weighted by Gasteiger charge is 2.22. The van der Waals surface area contributed by atoms with Crippen LogP contribution in [-0.4, -0.2) is 19.7 Å². The first-order valence-electron chi connectivity index (χ1n) is 7.28. The molecule has 2 heterocycles. The molecule has 0 amide bonds. The minimum Gasteiger partial charge on any atom is -0.272 e. The van der Waals surface area contributed by atoms with Crippen molar-refractivity contribution in [2.45, 2.75) is 19.4 Å². The van der Waals surface area contributed by atoms with E-state index in [4.69, 9.17) is 0 Å². The summed E-state index contributed by atoms with van der Waals surface area (Å²) in [7, 11) is 0. The van der Waals surface area contributed by atoms with Crippen molar-refractivity contribution in [2.24, 2.45) is 5.92 Å². The van der Waals surface area contributed by atoms with Crippen LogP contribution in [0.3, 0.4) is 0 Å². The highest BCUT2D eigenvalue weighted by atomic mass is 15.3. The van der Waals surface area contributed by atoms with Crippen molar-refractivity contribution in [1.82, 2.24) is 19.7 Å². The van der Waals surface area contributed by atoms with E-state index in [1.165, 1.54) is 12.8 Å². The van der Waals surface area contributed by atoms with E-state index in [0.717, 1.165) is 34.8 Å². The van der Waals surface area contributed by atoms with Crippen LogP contribution in [0.1, 0.15) is 12.8 Å². The van der Waals surface area contributed by atoms with Gasteiger partial charge in [0, 0.05) is 36.3 Å². The van der Waals surface area contributed by atoms with Gasteiger partial charge in [0.05, 0.1) is 5.69 Å². The Morgan fingerprint density at radius 3 is 2.62 bits per heavy atom. The molecule has 1 aromatic carbocycles. The maximum atomic E-state index is 4.68. The van der Waals surface area contributed by atoms with Gasteiger partial charge in [-0.2, -0.15) is 5.10 Å². The van der Waals surface area contributed by atoms with Gasteiger partial charge in [-0.1, -0.05) is 18.2 Å². The summed E-state index contributed by atoms with van der Waals surface area (Å²) >= 11 is 0. The van der Waals surface area contributed by atoms with Gasteiger partial charge < -0.3 is 0 Å². The summed E-state index contributed by atoms with van der Waals surface area (Å²) in [5.41, 5.74) is 4.29. The smallest absolute Gasteiger partial charge is 0.115 e. The largest absolute Gasteiger partial charge is 0.272 e. The third-order valence-corrected chi connectivity index (χ3v) is 3.84. The van der Waals surface area contributed by atoms with E-state index in [1.54, 1.807) is 6.33 Å². The summed E-state index contributed by atoms with van der Waals surface area (Å²) in [6, 6.07) is 10.4. The Morgan fingerprint density at radius 2 is 1.81 bits per heavy atom. The van der Waals surface area contributed by atoms with Gasteiger partial charge in [-0.25, -0.2) is 9.97 Å². The lowest BCUT2D eigenvalue weighted by atomic mass is 10.0. The van der Waals surface area contributed by atoms with Crippen LogP contribution in [0, 0.1) is 5.92 Å². The second kappa shape index (κ2) is 5.13. The van der Waals surface area contributed by atoms with E-state index in [9.17, 15) is 0 Å². The summed E-state index contributed by atoms with van der Waals surface area (Å²) in [6.07, 6.45) is 9.98. The summed E-state index contributed by atoms with van der Waals surface area (Å²) in [4.78, 5) is 8.15. The van der Waals surface area contributed by atoms with Gasteiger partial charge in [0.15, 0.2) is 0 Å². The standard InChI is InChI=1S/C17H16N4/c1-2-14(16-9-18-12-19-10-16)8-15(3-1)17-6-7-21(20-17)11-13-4-5-13/h1-3,6-10,12-13H,4-5,11H2. The van der Waals surface area contributed by atoms with Crippen LogP contribution >= 0.6 is 0 Å². The molecule has 0 bridgehead atoms. The summed E-state index contributed by atoms with van der Waals surface area (Å²) < 4.78 is 2.06. The SMILES string of the molecule is c1cc(-c2cncnc2)cc(-c2ccn(CC3CC3)n2)c1. The normalized spacial score (nSPS) is 14.3. The minimum absolute atomic E-state index is 0.838. The van der Waals surface area contributed by atoms with Crippen molar-refractivity contribution in [1.29, 1.82) is 0 Å². The van der Waals surface area contributed by atoms with Crippen LogP contribution in [0.25, 0.3) is 22.4 Å². The number of nitrogens with zero attached hydrogens (tertiary/aromatic N) is 4. The fourth-order valence-electron chi connectivity index (χ4n) is 2.49. The quantitative estimate of drug-likeness (QED) is 0.733. The van der Waals surface area contributed by atoms with E-state index in [1.807, 2.05) is 12.4 Å². The number of benzene rings is 1. The molecule has 0 saturated heterocycles. The Labute approximate surface area is 123 Å². The summed E-state index contributed by atoms with van der Waals surface area (Å²) in [5, 5.41) is 4.68. The van der Waals surface area contributed by atoms with Crippen LogP contribution in [0.4, 0.5) is 0 Å². The molecule has 4 nitrogen and oxygen atoms in total. The lowest BCUT2D eigenvalue weighted by molar-refractivity contribution is 0.564. The van der Waals surface area contributed by atoms with Crippen molar-refractivity contribution in [2.75, 3.05) is 0 Å². The predicted molar refractivity (Wildman–Crippen MR) is 81.4 cm³/mol. The zero-order chi connectivity index (χ0) is 14.1. The van der Waals surface area contributed by atoms with Crippen molar-refractivity contribution in [3.8, 4) is 22.4 Å². The van der Waals surface area contributed by atoms with Crippen molar-refractivity contribution >= 4 is 0 Å². The first-order chi connectivity index (χ1) is 10.4. The lowest BCUT2D eigenvalue weighted by Crippen LogP contribution is -2.00. The molecule has 2 aromatic heterocycles. The average Bonchev–Trinajstić information content (AvgIpc) is 3.23. The van der Waals surface area contributed by atoms with Gasteiger partial charge in [0.25, 0.3) is 0 Å². The highest BCUT2D eigenvalue weighted by Crippen LogP contribution is 2.31. The van der Waals surface area contributed by atoms with Gasteiger partial charge in [0.2, 0.25) is 0 Å². The van der Waals surface area contributed by atoms with Crippen molar-refractivity contribution < 1.29 is 0 Å². The summed E-state index contributed by atoms with van der Waals surface area (Å²) in [5.74, 6) is 0.838. The zero-order valence-corrected chi connectivity index (χ0v) is 11.7. The molecule has 4 rings (SSSR count). The molecular formula is C17H16N4. The van der Waals surface area contributed by atoms with Crippen LogP contribution in [0.5, 0.6) is 0 Å². The van der Waals surface area contributed by atoms with Crippen molar-refractivity contribution in [3.63, 3.8) is 0 Å². The molecule has 0 unspecified atom stereocenters. The molecule has 3 aromatic rings. The fraction of sp³-hybridized carbons (Fsp3) is 0.235. The number of rotatable bonds is 4. The van der Waals surface area contributed by atoms with Gasteiger partial charge >= 0.3 is 0 Å². The van der Waals surface area contributed by atoms with E-state index < -0.39 is 0 Å². The Morgan fingerprint density at radius 1 is 1.00 bits per heavy atom. The molecule has 4 heteroatoms. The Balaban J connectivity index is 1.64. The maximum absolute atomic E-state index is 4.68. The predicted octanol–water partition coefficient (Wildman–Crippen LogP) is 3.42. The molecule has 1 aliphatic rings. The first kappa shape index (κ1) is 12.3. The number of hydrogen-bond donors (Lipinski definition) is 0. The van der Waals surface area contributed by atoms with Crippen molar-refractivity contribution in [3.05, 3.63) is 55.2 Å². The third-order valence-electron chi connectivity index (χ3n) is 3.84. The molecular weight excluding hydrogens is 260 g/mol. The zero-order valence-electron chi connectivity index (χ0n) is 11.7. The van der Waals surface area contributed by atoms with Gasteiger partial charge in [0.1, 0.15) is 6.33 Å². The van der Waals surface area contributed by atoms with Crippen LogP contribution in [0.15, 0.2) is 55.2 Å². The highest BCUT2D eigenvalue weighted by molar-refractivity contribution is 5.70. The Hall–Kier alpha value is -2.49. The number of hydrogen-bond acceptors (Lipinski definition) is 3. The second-order valence-corrected chi connectivity index (χ2v) is 5.57. The molecule has 0 N–H and O–H groups in total. The van der Waals surface area contributed by atoms with Gasteiger partial charge in [-0.3, -0.25) is 4.68 Å². The maximum Gasteiger partial charge on any atom is 0.115 e. The number of aromatic nitrogens is 4. The third kappa shape index (κ3) is 2.70. The first-order valence-corrected chi connectivity index (χ1v) is 7.28. The van der Waals surface area contributed by atoms with E-state index >= 15 is 0 Å². The molecule has 0 atom stereocenters. The molecule has 1 aliphatic carbocycles. The molecule has 0 spiro atoms. The lowest BCUT2D eigenvalue weighted by Gasteiger charge is -2.03. The van der Waals surface area contributed by atoms with Gasteiger partial charge in [-0.05, 0) is 36.5 Å². The topological polar surface area (TPSA) is 43.6 Å². The van der Waals surface area contributed by atoms with E-state index in [-0.39, 0.29) is 0 Å². The summed E-state index contributed by atoms with van der Waals surface area (Å²) in [6.45, 7) is 1.05. The van der Waals surface area contributed by atoms with Crippen LogP contribution in [0.2, 0.25) is 0 Å². The molecule has 1 saturated carbocycles. The van der Waals surface area contributed by atoms with Gasteiger partial charge in [-0.15, -0.1) is 0 Å². The molecule has 104 valence electrons. The fourth-order valence-corrected chi connectivity index (χ4v) is 2.49. The van der Waals surface area contributed by atoms with E-state index in [2.05, 4.69) is 56.3 Å². The van der Waals surface area contributed by atoms with Crippen LogP contribution < -0.4 is 0 Å². The average molecular weight is 276 g/mol. The monoisotopic (exact) mass is 276 g/mol. The second-order valence-electron chi connectivity index (χ2n) is 5.57. The molecule has 0 aliphatic heterocycles. The molecule has 21 heavy (non-hydrogen) atoms. The Kier molecular flexibility index (Phi) is 2.99. The van der Waals surface area contributed by atoms with E-state index in [0.29, 0.717) is 0 Å². The molecule has 1 fully saturated rings. The molecule has 0 radical (unpaired) electrons. The van der Waals surface area contributed by atoms with Crippen LogP contribution in [-0.2, 0) is 6.54 Å². The Bertz CT molecular complexity index is 744. The minimum atomic E-state index is 0.838.